The molecular formula is C9H13NOS. The van der Waals surface area contributed by atoms with Gasteiger partial charge >= 0.3 is 0 Å². The Morgan fingerprint density at radius 2 is 1.67 bits per heavy atom. The zero-order valence-corrected chi connectivity index (χ0v) is 8.06. The van der Waals surface area contributed by atoms with Gasteiger partial charge in [-0.3, -0.25) is 0 Å². The molecule has 3 N–H and O–H groups in total. The minimum atomic E-state index is 0.222. The van der Waals surface area contributed by atoms with Gasteiger partial charge in [-0.05, 0) is 24.3 Å². The summed E-state index contributed by atoms with van der Waals surface area (Å²) in [5.74, 6) is 0.222. The Balaban J connectivity index is 0.000000561. The van der Waals surface area contributed by atoms with Crippen LogP contribution in [0, 0.1) is 0 Å². The lowest BCUT2D eigenvalue weighted by molar-refractivity contribution is 0.475. The van der Waals surface area contributed by atoms with E-state index >= 15 is 0 Å². The first-order valence-electron chi connectivity index (χ1n) is 3.79. The van der Waals surface area contributed by atoms with E-state index in [2.05, 4.69) is 0 Å². The average molecular weight is 183 g/mol. The number of hydrogen-bond donors (Lipinski definition) is 2. The molecule has 0 fully saturated rings. The number of aromatic hydroxyl groups is 1. The summed E-state index contributed by atoms with van der Waals surface area (Å²) in [4.78, 5) is 0.347. The molecule has 0 aliphatic heterocycles. The molecule has 3 heteroatoms. The van der Waals surface area contributed by atoms with E-state index in [0.717, 1.165) is 5.56 Å². The SMILES string of the molecule is CC.NC(=S)c1ccc(O)cc1. The first-order chi connectivity index (χ1) is 5.70. The molecule has 1 aromatic carbocycles. The number of phenols is 1. The fraction of sp³-hybridized carbons (Fsp3) is 0.222. The molecule has 0 heterocycles. The second-order valence-corrected chi connectivity index (χ2v) is 2.35. The van der Waals surface area contributed by atoms with Gasteiger partial charge < -0.3 is 10.8 Å². The third-order valence-electron chi connectivity index (χ3n) is 1.15. The quantitative estimate of drug-likeness (QED) is 0.655. The topological polar surface area (TPSA) is 46.2 Å². The lowest BCUT2D eigenvalue weighted by Gasteiger charge is -1.95. The Hall–Kier alpha value is -1.09. The number of nitrogens with two attached hydrogens (primary N) is 1. The zero-order valence-electron chi connectivity index (χ0n) is 7.24. The van der Waals surface area contributed by atoms with E-state index in [-0.39, 0.29) is 5.75 Å². The van der Waals surface area contributed by atoms with Crippen LogP contribution in [0.1, 0.15) is 19.4 Å². The van der Waals surface area contributed by atoms with Gasteiger partial charge in [0, 0.05) is 5.56 Å². The van der Waals surface area contributed by atoms with Gasteiger partial charge in [-0.1, -0.05) is 26.1 Å². The smallest absolute Gasteiger partial charge is 0.115 e. The van der Waals surface area contributed by atoms with Crippen molar-refractivity contribution in [2.45, 2.75) is 13.8 Å². The van der Waals surface area contributed by atoms with Crippen molar-refractivity contribution in [3.63, 3.8) is 0 Å². The normalized spacial score (nSPS) is 8.17. The minimum Gasteiger partial charge on any atom is -0.508 e. The van der Waals surface area contributed by atoms with Crippen molar-refractivity contribution in [2.24, 2.45) is 5.73 Å². The van der Waals surface area contributed by atoms with Crippen molar-refractivity contribution in [2.75, 3.05) is 0 Å². The fourth-order valence-electron chi connectivity index (χ4n) is 0.626. The van der Waals surface area contributed by atoms with Crippen molar-refractivity contribution >= 4 is 17.2 Å². The van der Waals surface area contributed by atoms with E-state index in [9.17, 15) is 0 Å². The molecule has 0 aliphatic carbocycles. The van der Waals surface area contributed by atoms with E-state index in [1.807, 2.05) is 13.8 Å². The van der Waals surface area contributed by atoms with Crippen LogP contribution in [-0.4, -0.2) is 10.1 Å². The molecule has 0 aliphatic rings. The van der Waals surface area contributed by atoms with Gasteiger partial charge in [0.05, 0.1) is 0 Å². The summed E-state index contributed by atoms with van der Waals surface area (Å²) in [5.41, 5.74) is 6.08. The van der Waals surface area contributed by atoms with E-state index in [1.165, 1.54) is 0 Å². The van der Waals surface area contributed by atoms with Crippen LogP contribution < -0.4 is 5.73 Å². The molecule has 0 bridgehead atoms. The third-order valence-corrected chi connectivity index (χ3v) is 1.39. The van der Waals surface area contributed by atoms with E-state index < -0.39 is 0 Å². The molecule has 1 aromatic rings. The summed E-state index contributed by atoms with van der Waals surface area (Å²) >= 11 is 4.70. The number of benzene rings is 1. The molecule has 0 saturated carbocycles. The van der Waals surface area contributed by atoms with Crippen molar-refractivity contribution < 1.29 is 5.11 Å². The maximum absolute atomic E-state index is 8.85. The van der Waals surface area contributed by atoms with Gasteiger partial charge in [-0.25, -0.2) is 0 Å². The number of thiocarbonyl (C=S) groups is 1. The standard InChI is InChI=1S/C7H7NOS.C2H6/c8-7(10)5-1-3-6(9)4-2-5;1-2/h1-4,9H,(H2,8,10);1-2H3. The number of phenolic OH excluding ortho intramolecular Hbond substituents is 1. The molecule has 1 rings (SSSR count). The summed E-state index contributed by atoms with van der Waals surface area (Å²) < 4.78 is 0. The second-order valence-electron chi connectivity index (χ2n) is 1.91. The van der Waals surface area contributed by atoms with Gasteiger partial charge in [0.15, 0.2) is 0 Å². The fourth-order valence-corrected chi connectivity index (χ4v) is 0.762. The highest BCUT2D eigenvalue weighted by atomic mass is 32.1. The molecular weight excluding hydrogens is 170 g/mol. The highest BCUT2D eigenvalue weighted by molar-refractivity contribution is 7.80. The Labute approximate surface area is 78.0 Å². The summed E-state index contributed by atoms with van der Waals surface area (Å²) in [6.07, 6.45) is 0. The van der Waals surface area contributed by atoms with E-state index in [1.54, 1.807) is 24.3 Å². The van der Waals surface area contributed by atoms with Crippen LogP contribution >= 0.6 is 12.2 Å². The van der Waals surface area contributed by atoms with Crippen LogP contribution in [0.2, 0.25) is 0 Å². The van der Waals surface area contributed by atoms with E-state index in [0.29, 0.717) is 4.99 Å². The van der Waals surface area contributed by atoms with Gasteiger partial charge in [0.1, 0.15) is 10.7 Å². The number of rotatable bonds is 1. The Kier molecular flexibility index (Phi) is 5.04. The Morgan fingerprint density at radius 1 is 1.25 bits per heavy atom. The predicted octanol–water partition coefficient (Wildman–Crippen LogP) is 2.05. The van der Waals surface area contributed by atoms with Gasteiger partial charge in [0.25, 0.3) is 0 Å². The molecule has 0 atom stereocenters. The molecule has 0 amide bonds. The molecule has 0 spiro atoms. The molecule has 0 unspecified atom stereocenters. The minimum absolute atomic E-state index is 0.222. The van der Waals surface area contributed by atoms with Crippen LogP contribution in [0.15, 0.2) is 24.3 Å². The van der Waals surface area contributed by atoms with Gasteiger partial charge in [-0.15, -0.1) is 0 Å². The maximum atomic E-state index is 8.85. The molecule has 0 saturated heterocycles. The lowest BCUT2D eigenvalue weighted by Crippen LogP contribution is -2.08. The molecule has 66 valence electrons. The summed E-state index contributed by atoms with van der Waals surface area (Å²) in [6.45, 7) is 4.00. The third kappa shape index (κ3) is 3.34. The van der Waals surface area contributed by atoms with Crippen molar-refractivity contribution in [3.05, 3.63) is 29.8 Å². The summed E-state index contributed by atoms with van der Waals surface area (Å²) in [5, 5.41) is 8.85. The van der Waals surface area contributed by atoms with Crippen molar-refractivity contribution in [3.8, 4) is 5.75 Å². The molecule has 0 aromatic heterocycles. The van der Waals surface area contributed by atoms with Gasteiger partial charge in [-0.2, -0.15) is 0 Å². The van der Waals surface area contributed by atoms with Crippen molar-refractivity contribution in [1.82, 2.24) is 0 Å². The first-order valence-corrected chi connectivity index (χ1v) is 4.20. The van der Waals surface area contributed by atoms with Gasteiger partial charge in [0.2, 0.25) is 0 Å². The van der Waals surface area contributed by atoms with Crippen LogP contribution in [0.25, 0.3) is 0 Å². The average Bonchev–Trinajstić information content (AvgIpc) is 2.09. The largest absolute Gasteiger partial charge is 0.508 e. The van der Waals surface area contributed by atoms with E-state index in [4.69, 9.17) is 23.1 Å². The Bertz CT molecular complexity index is 243. The highest BCUT2D eigenvalue weighted by Crippen LogP contribution is 2.08. The maximum Gasteiger partial charge on any atom is 0.115 e. The van der Waals surface area contributed by atoms with Crippen LogP contribution in [0.3, 0.4) is 0 Å². The first kappa shape index (κ1) is 10.9. The molecule has 2 nitrogen and oxygen atoms in total. The molecule has 12 heavy (non-hydrogen) atoms. The van der Waals surface area contributed by atoms with Crippen LogP contribution in [0.5, 0.6) is 5.75 Å². The monoisotopic (exact) mass is 183 g/mol. The summed E-state index contributed by atoms with van der Waals surface area (Å²) in [7, 11) is 0. The Morgan fingerprint density at radius 3 is 2.00 bits per heavy atom. The lowest BCUT2D eigenvalue weighted by atomic mass is 10.2. The summed E-state index contributed by atoms with van der Waals surface area (Å²) in [6, 6.07) is 6.46. The van der Waals surface area contributed by atoms with Crippen LogP contribution in [0.4, 0.5) is 0 Å². The second kappa shape index (κ2) is 5.55. The molecule has 0 radical (unpaired) electrons. The predicted molar refractivity (Wildman–Crippen MR) is 55.3 cm³/mol. The zero-order chi connectivity index (χ0) is 9.56. The highest BCUT2D eigenvalue weighted by Gasteiger charge is 1.93. The van der Waals surface area contributed by atoms with Crippen LogP contribution in [-0.2, 0) is 0 Å². The van der Waals surface area contributed by atoms with Crippen molar-refractivity contribution in [1.29, 1.82) is 0 Å². The number of hydrogen-bond acceptors (Lipinski definition) is 2.